The van der Waals surface area contributed by atoms with Crippen LogP contribution in [0.1, 0.15) is 58.3 Å². The van der Waals surface area contributed by atoms with Gasteiger partial charge in [-0.1, -0.05) is 26.2 Å². The van der Waals surface area contributed by atoms with Crippen LogP contribution in [-0.2, 0) is 4.79 Å². The minimum absolute atomic E-state index is 0.0679. The van der Waals surface area contributed by atoms with Crippen LogP contribution < -0.4 is 11.1 Å². The Balaban J connectivity index is 1.72. The number of nitrogens with one attached hydrogen (secondary N) is 1. The van der Waals surface area contributed by atoms with Gasteiger partial charge in [0.05, 0.1) is 11.6 Å². The number of hydrogen-bond acceptors (Lipinski definition) is 3. The Morgan fingerprint density at radius 1 is 1.26 bits per heavy atom. The van der Waals surface area contributed by atoms with Crippen LogP contribution >= 0.6 is 0 Å². The summed E-state index contributed by atoms with van der Waals surface area (Å²) in [7, 11) is 0. The Kier molecular flexibility index (Phi) is 4.85. The third-order valence-electron chi connectivity index (χ3n) is 5.07. The van der Waals surface area contributed by atoms with E-state index in [2.05, 4.69) is 12.2 Å². The van der Waals surface area contributed by atoms with E-state index in [-0.39, 0.29) is 5.91 Å². The molecule has 19 heavy (non-hydrogen) atoms. The van der Waals surface area contributed by atoms with Crippen molar-refractivity contribution in [2.24, 2.45) is 17.6 Å². The SMILES string of the molecule is CCC1CCC(CNC(=O)C2(N)CCC(O)C2)CC1. The molecular formula is C15H28N2O2. The third-order valence-corrected chi connectivity index (χ3v) is 5.07. The van der Waals surface area contributed by atoms with Crippen LogP contribution in [0.25, 0.3) is 0 Å². The first-order valence-electron chi connectivity index (χ1n) is 7.78. The van der Waals surface area contributed by atoms with Crippen molar-refractivity contribution in [1.29, 1.82) is 0 Å². The fourth-order valence-corrected chi connectivity index (χ4v) is 3.51. The third kappa shape index (κ3) is 3.69. The standard InChI is InChI=1S/C15H28N2O2/c1-2-11-3-5-12(6-4-11)10-17-14(19)15(16)8-7-13(18)9-15/h11-13,18H,2-10,16H2,1H3,(H,17,19). The Bertz CT molecular complexity index is 313. The van der Waals surface area contributed by atoms with Crippen molar-refractivity contribution in [1.82, 2.24) is 5.32 Å². The fourth-order valence-electron chi connectivity index (χ4n) is 3.51. The monoisotopic (exact) mass is 268 g/mol. The highest BCUT2D eigenvalue weighted by molar-refractivity contribution is 5.86. The van der Waals surface area contributed by atoms with Crippen LogP contribution in [-0.4, -0.2) is 29.2 Å². The fraction of sp³-hybridized carbons (Fsp3) is 0.933. The van der Waals surface area contributed by atoms with E-state index in [0.717, 1.165) is 12.5 Å². The molecular weight excluding hydrogens is 240 g/mol. The molecule has 4 nitrogen and oxygen atoms in total. The molecule has 0 bridgehead atoms. The number of rotatable bonds is 4. The van der Waals surface area contributed by atoms with Crippen molar-refractivity contribution in [3.63, 3.8) is 0 Å². The van der Waals surface area contributed by atoms with Crippen molar-refractivity contribution in [2.75, 3.05) is 6.54 Å². The maximum Gasteiger partial charge on any atom is 0.240 e. The minimum Gasteiger partial charge on any atom is -0.393 e. The predicted molar refractivity (Wildman–Crippen MR) is 75.5 cm³/mol. The first-order valence-corrected chi connectivity index (χ1v) is 7.78. The second-order valence-corrected chi connectivity index (χ2v) is 6.56. The average molecular weight is 268 g/mol. The summed E-state index contributed by atoms with van der Waals surface area (Å²) in [4.78, 5) is 12.1. The zero-order valence-corrected chi connectivity index (χ0v) is 12.0. The van der Waals surface area contributed by atoms with Crippen LogP contribution in [0.2, 0.25) is 0 Å². The first kappa shape index (κ1) is 14.8. The van der Waals surface area contributed by atoms with Crippen molar-refractivity contribution in [3.8, 4) is 0 Å². The number of carbonyl (C=O) groups is 1. The van der Waals surface area contributed by atoms with Gasteiger partial charge in [0.1, 0.15) is 0 Å². The molecule has 2 rings (SSSR count). The normalized spacial score (nSPS) is 39.2. The van der Waals surface area contributed by atoms with Gasteiger partial charge in [-0.2, -0.15) is 0 Å². The van der Waals surface area contributed by atoms with Gasteiger partial charge in [0.2, 0.25) is 5.91 Å². The van der Waals surface area contributed by atoms with E-state index in [0.29, 0.717) is 25.2 Å². The summed E-state index contributed by atoms with van der Waals surface area (Å²) in [5, 5.41) is 12.5. The summed E-state index contributed by atoms with van der Waals surface area (Å²) in [6.07, 6.45) is 7.55. The number of aliphatic hydroxyl groups excluding tert-OH is 1. The van der Waals surface area contributed by atoms with Crippen LogP contribution in [0.5, 0.6) is 0 Å². The molecule has 2 unspecified atom stereocenters. The molecule has 0 heterocycles. The van der Waals surface area contributed by atoms with Crippen LogP contribution in [0.3, 0.4) is 0 Å². The zero-order valence-electron chi connectivity index (χ0n) is 12.0. The van der Waals surface area contributed by atoms with Gasteiger partial charge in [-0.25, -0.2) is 0 Å². The summed E-state index contributed by atoms with van der Waals surface area (Å²) in [5.74, 6) is 1.43. The van der Waals surface area contributed by atoms with Gasteiger partial charge in [0.15, 0.2) is 0 Å². The van der Waals surface area contributed by atoms with Gasteiger partial charge >= 0.3 is 0 Å². The summed E-state index contributed by atoms with van der Waals surface area (Å²) in [6, 6.07) is 0. The summed E-state index contributed by atoms with van der Waals surface area (Å²) >= 11 is 0. The summed E-state index contributed by atoms with van der Waals surface area (Å²) < 4.78 is 0. The highest BCUT2D eigenvalue weighted by Crippen LogP contribution is 2.31. The minimum atomic E-state index is -0.833. The van der Waals surface area contributed by atoms with Crippen molar-refractivity contribution >= 4 is 5.91 Å². The van der Waals surface area contributed by atoms with E-state index >= 15 is 0 Å². The lowest BCUT2D eigenvalue weighted by atomic mass is 9.81. The lowest BCUT2D eigenvalue weighted by molar-refractivity contribution is -0.126. The van der Waals surface area contributed by atoms with Crippen LogP contribution in [0.15, 0.2) is 0 Å². The molecule has 0 radical (unpaired) electrons. The molecule has 4 heteroatoms. The van der Waals surface area contributed by atoms with Gasteiger partial charge in [0.25, 0.3) is 0 Å². The molecule has 110 valence electrons. The molecule has 2 fully saturated rings. The Morgan fingerprint density at radius 3 is 2.42 bits per heavy atom. The van der Waals surface area contributed by atoms with Crippen LogP contribution in [0, 0.1) is 11.8 Å². The molecule has 0 aliphatic heterocycles. The first-order chi connectivity index (χ1) is 9.03. The van der Waals surface area contributed by atoms with Crippen molar-refractivity contribution < 1.29 is 9.90 Å². The summed E-state index contributed by atoms with van der Waals surface area (Å²) in [6.45, 7) is 3.01. The number of hydrogen-bond donors (Lipinski definition) is 3. The molecule has 2 aliphatic carbocycles. The average Bonchev–Trinajstić information content (AvgIpc) is 2.77. The maximum absolute atomic E-state index is 12.1. The molecule has 0 spiro atoms. The van der Waals surface area contributed by atoms with E-state index < -0.39 is 11.6 Å². The van der Waals surface area contributed by atoms with E-state index in [1.165, 1.54) is 32.1 Å². The second-order valence-electron chi connectivity index (χ2n) is 6.56. The number of carbonyl (C=O) groups excluding carboxylic acids is 1. The molecule has 0 saturated heterocycles. The zero-order chi connectivity index (χ0) is 13.9. The van der Waals surface area contributed by atoms with Gasteiger partial charge < -0.3 is 16.2 Å². The molecule has 4 N–H and O–H groups in total. The molecule has 0 aromatic rings. The topological polar surface area (TPSA) is 75.4 Å². The Labute approximate surface area is 116 Å². The van der Waals surface area contributed by atoms with Crippen LogP contribution in [0.4, 0.5) is 0 Å². The van der Waals surface area contributed by atoms with Gasteiger partial charge in [-0.05, 0) is 37.5 Å². The second kappa shape index (κ2) is 6.23. The Morgan fingerprint density at radius 2 is 1.89 bits per heavy atom. The highest BCUT2D eigenvalue weighted by Gasteiger charge is 2.41. The van der Waals surface area contributed by atoms with Gasteiger partial charge in [-0.3, -0.25) is 4.79 Å². The Hall–Kier alpha value is -0.610. The van der Waals surface area contributed by atoms with Gasteiger partial charge in [-0.15, -0.1) is 0 Å². The van der Waals surface area contributed by atoms with E-state index in [9.17, 15) is 9.90 Å². The maximum atomic E-state index is 12.1. The highest BCUT2D eigenvalue weighted by atomic mass is 16.3. The smallest absolute Gasteiger partial charge is 0.240 e. The number of nitrogens with two attached hydrogens (primary N) is 1. The molecule has 2 saturated carbocycles. The number of aliphatic hydroxyl groups is 1. The molecule has 0 aromatic heterocycles. The lowest BCUT2D eigenvalue weighted by Crippen LogP contribution is -2.53. The predicted octanol–water partition coefficient (Wildman–Crippen LogP) is 1.56. The van der Waals surface area contributed by atoms with E-state index in [1.54, 1.807) is 0 Å². The quantitative estimate of drug-likeness (QED) is 0.724. The van der Waals surface area contributed by atoms with Gasteiger partial charge in [0, 0.05) is 13.0 Å². The van der Waals surface area contributed by atoms with E-state index in [4.69, 9.17) is 5.73 Å². The van der Waals surface area contributed by atoms with E-state index in [1.807, 2.05) is 0 Å². The summed E-state index contributed by atoms with van der Waals surface area (Å²) in [5.41, 5.74) is 5.25. The molecule has 2 aliphatic rings. The molecule has 1 amide bonds. The lowest BCUT2D eigenvalue weighted by Gasteiger charge is -2.29. The number of amides is 1. The molecule has 0 aromatic carbocycles. The molecule has 2 atom stereocenters. The van der Waals surface area contributed by atoms with Crippen molar-refractivity contribution in [2.45, 2.75) is 69.9 Å². The largest absolute Gasteiger partial charge is 0.393 e. The van der Waals surface area contributed by atoms with Crippen molar-refractivity contribution in [3.05, 3.63) is 0 Å².